The van der Waals surface area contributed by atoms with Gasteiger partial charge in [-0.3, -0.25) is 0 Å². The maximum atomic E-state index is 6.25. The van der Waals surface area contributed by atoms with Gasteiger partial charge >= 0.3 is 0 Å². The first-order valence-corrected chi connectivity index (χ1v) is 5.90. The molecule has 0 aliphatic carbocycles. The molecule has 0 aromatic rings. The summed E-state index contributed by atoms with van der Waals surface area (Å²) in [5.74, 6) is 0.418. The second kappa shape index (κ2) is 7.20. The van der Waals surface area contributed by atoms with Crippen molar-refractivity contribution in [1.82, 2.24) is 0 Å². The van der Waals surface area contributed by atoms with Gasteiger partial charge in [-0.1, -0.05) is 13.8 Å². The Morgan fingerprint density at radius 1 is 1.33 bits per heavy atom. The first-order valence-electron chi connectivity index (χ1n) is 5.90. The summed E-state index contributed by atoms with van der Waals surface area (Å²) in [5, 5.41) is 0. The maximum absolute atomic E-state index is 6.25. The predicted octanol–water partition coefficient (Wildman–Crippen LogP) is 2.19. The van der Waals surface area contributed by atoms with Gasteiger partial charge in [0, 0.05) is 26.4 Å². The second-order valence-corrected chi connectivity index (χ2v) is 4.38. The molecule has 0 bridgehead atoms. The van der Waals surface area contributed by atoms with E-state index < -0.39 is 0 Å². The van der Waals surface area contributed by atoms with Crippen LogP contribution in [0.2, 0.25) is 0 Å². The Kier molecular flexibility index (Phi) is 7.14. The molecule has 3 atom stereocenters. The van der Waals surface area contributed by atoms with Crippen LogP contribution in [-0.4, -0.2) is 32.0 Å². The number of methoxy groups -OCH3 is 1. The molecule has 0 aliphatic heterocycles. The van der Waals surface area contributed by atoms with Gasteiger partial charge in [0.25, 0.3) is 0 Å². The number of hydrogen-bond donors (Lipinski definition) is 1. The highest BCUT2D eigenvalue weighted by Crippen LogP contribution is 2.25. The molecular weight excluding hydrogens is 190 g/mol. The molecule has 0 aromatic carbocycles. The smallest absolute Gasteiger partial charge is 0.0804 e. The molecule has 0 saturated heterocycles. The predicted molar refractivity (Wildman–Crippen MR) is 64.0 cm³/mol. The number of nitrogens with two attached hydrogens (primary N) is 1. The summed E-state index contributed by atoms with van der Waals surface area (Å²) >= 11 is 0. The van der Waals surface area contributed by atoms with Crippen molar-refractivity contribution in [1.29, 1.82) is 0 Å². The van der Waals surface area contributed by atoms with Gasteiger partial charge in [0.2, 0.25) is 0 Å². The van der Waals surface area contributed by atoms with Crippen LogP contribution in [0.4, 0.5) is 0 Å². The van der Waals surface area contributed by atoms with E-state index in [-0.39, 0.29) is 11.6 Å². The molecule has 3 unspecified atom stereocenters. The van der Waals surface area contributed by atoms with Crippen LogP contribution in [0.5, 0.6) is 0 Å². The molecule has 0 spiro atoms. The van der Waals surface area contributed by atoms with Crippen LogP contribution in [0.1, 0.15) is 40.5 Å². The lowest BCUT2D eigenvalue weighted by Gasteiger charge is -2.37. The molecule has 3 heteroatoms. The zero-order valence-electron chi connectivity index (χ0n) is 10.9. The van der Waals surface area contributed by atoms with Crippen LogP contribution in [-0.2, 0) is 9.47 Å². The lowest BCUT2D eigenvalue weighted by atomic mass is 9.84. The zero-order valence-corrected chi connectivity index (χ0v) is 10.9. The summed E-state index contributed by atoms with van der Waals surface area (Å²) in [6.07, 6.45) is 1.93. The van der Waals surface area contributed by atoms with Gasteiger partial charge in [-0.15, -0.1) is 0 Å². The minimum absolute atomic E-state index is 0.0672. The Balaban J connectivity index is 4.28. The van der Waals surface area contributed by atoms with Crippen molar-refractivity contribution in [2.75, 3.05) is 20.3 Å². The topological polar surface area (TPSA) is 44.5 Å². The first kappa shape index (κ1) is 14.9. The van der Waals surface area contributed by atoms with E-state index in [1.807, 2.05) is 6.92 Å². The van der Waals surface area contributed by atoms with Crippen LogP contribution >= 0.6 is 0 Å². The summed E-state index contributed by atoms with van der Waals surface area (Å²) in [4.78, 5) is 0. The Morgan fingerprint density at radius 3 is 2.33 bits per heavy atom. The van der Waals surface area contributed by atoms with E-state index in [2.05, 4.69) is 20.8 Å². The normalized spacial score (nSPS) is 19.6. The molecule has 0 fully saturated rings. The summed E-state index contributed by atoms with van der Waals surface area (Å²) in [7, 11) is 1.72. The van der Waals surface area contributed by atoms with Gasteiger partial charge < -0.3 is 15.2 Å². The van der Waals surface area contributed by atoms with Crippen LogP contribution in [0.25, 0.3) is 0 Å². The lowest BCUT2D eigenvalue weighted by molar-refractivity contribution is -0.0597. The van der Waals surface area contributed by atoms with Gasteiger partial charge in [-0.2, -0.15) is 0 Å². The van der Waals surface area contributed by atoms with Crippen molar-refractivity contribution < 1.29 is 9.47 Å². The Morgan fingerprint density at radius 2 is 1.93 bits per heavy atom. The van der Waals surface area contributed by atoms with Crippen molar-refractivity contribution in [2.45, 2.75) is 52.2 Å². The van der Waals surface area contributed by atoms with Crippen molar-refractivity contribution in [3.8, 4) is 0 Å². The molecule has 15 heavy (non-hydrogen) atoms. The maximum Gasteiger partial charge on any atom is 0.0804 e. The lowest BCUT2D eigenvalue weighted by Crippen LogP contribution is -2.51. The molecular formula is C12H27NO2. The van der Waals surface area contributed by atoms with E-state index in [0.29, 0.717) is 5.92 Å². The average Bonchev–Trinajstić information content (AvgIpc) is 2.24. The Labute approximate surface area is 94.3 Å². The van der Waals surface area contributed by atoms with E-state index in [4.69, 9.17) is 15.2 Å². The van der Waals surface area contributed by atoms with Gasteiger partial charge in [0.1, 0.15) is 0 Å². The fourth-order valence-corrected chi connectivity index (χ4v) is 1.85. The standard InChI is InChI=1S/C12H27NO2/c1-6-12(4,15-7-2)11(13)10(3)8-9-14-5/h10-11H,6-9,13H2,1-5H3. The van der Waals surface area contributed by atoms with Gasteiger partial charge in [-0.25, -0.2) is 0 Å². The largest absolute Gasteiger partial charge is 0.385 e. The third kappa shape index (κ3) is 4.49. The molecule has 0 aliphatic rings. The van der Waals surface area contributed by atoms with Gasteiger partial charge in [0.05, 0.1) is 5.60 Å². The summed E-state index contributed by atoms with van der Waals surface area (Å²) < 4.78 is 10.8. The molecule has 0 rings (SSSR count). The third-order valence-electron chi connectivity index (χ3n) is 3.27. The number of rotatable bonds is 8. The van der Waals surface area contributed by atoms with E-state index in [1.54, 1.807) is 7.11 Å². The van der Waals surface area contributed by atoms with E-state index >= 15 is 0 Å². The monoisotopic (exact) mass is 217 g/mol. The van der Waals surface area contributed by atoms with Crippen molar-refractivity contribution in [3.63, 3.8) is 0 Å². The van der Waals surface area contributed by atoms with Crippen LogP contribution in [0.15, 0.2) is 0 Å². The van der Waals surface area contributed by atoms with Crippen molar-refractivity contribution in [2.24, 2.45) is 11.7 Å². The third-order valence-corrected chi connectivity index (χ3v) is 3.27. The van der Waals surface area contributed by atoms with E-state index in [9.17, 15) is 0 Å². The van der Waals surface area contributed by atoms with Crippen LogP contribution in [0.3, 0.4) is 0 Å². The average molecular weight is 217 g/mol. The van der Waals surface area contributed by atoms with Crippen molar-refractivity contribution >= 4 is 0 Å². The molecule has 2 N–H and O–H groups in total. The number of ether oxygens (including phenoxy) is 2. The second-order valence-electron chi connectivity index (χ2n) is 4.38. The van der Waals surface area contributed by atoms with Crippen LogP contribution < -0.4 is 5.73 Å². The molecule has 0 amide bonds. The fraction of sp³-hybridized carbons (Fsp3) is 1.00. The molecule has 3 nitrogen and oxygen atoms in total. The molecule has 0 saturated carbocycles. The Bertz CT molecular complexity index is 164. The molecule has 0 aromatic heterocycles. The van der Waals surface area contributed by atoms with Crippen molar-refractivity contribution in [3.05, 3.63) is 0 Å². The molecule has 0 heterocycles. The van der Waals surface area contributed by atoms with E-state index in [1.165, 1.54) is 0 Å². The summed E-state index contributed by atoms with van der Waals surface area (Å²) in [5.41, 5.74) is 6.05. The van der Waals surface area contributed by atoms with Crippen LogP contribution in [0, 0.1) is 5.92 Å². The zero-order chi connectivity index (χ0) is 11.9. The Hall–Kier alpha value is -0.120. The SMILES string of the molecule is CCOC(C)(CC)C(N)C(C)CCOC. The quantitative estimate of drug-likeness (QED) is 0.678. The van der Waals surface area contributed by atoms with Gasteiger partial charge in [0.15, 0.2) is 0 Å². The molecule has 0 radical (unpaired) electrons. The first-order chi connectivity index (χ1) is 7.01. The van der Waals surface area contributed by atoms with Gasteiger partial charge in [-0.05, 0) is 32.6 Å². The summed E-state index contributed by atoms with van der Waals surface area (Å²) in [6.45, 7) is 9.88. The highest BCUT2D eigenvalue weighted by molar-refractivity contribution is 4.89. The fourth-order valence-electron chi connectivity index (χ4n) is 1.85. The van der Waals surface area contributed by atoms with E-state index in [0.717, 1.165) is 26.1 Å². The number of hydrogen-bond acceptors (Lipinski definition) is 3. The highest BCUT2D eigenvalue weighted by atomic mass is 16.5. The molecule has 92 valence electrons. The summed E-state index contributed by atoms with van der Waals surface area (Å²) in [6, 6.07) is 0.0672. The minimum atomic E-state index is -0.206. The highest BCUT2D eigenvalue weighted by Gasteiger charge is 2.33. The minimum Gasteiger partial charge on any atom is -0.385 e.